The van der Waals surface area contributed by atoms with Gasteiger partial charge in [-0.2, -0.15) is 0 Å². The zero-order valence-corrected chi connectivity index (χ0v) is 16.7. The number of para-hydroxylation sites is 2. The van der Waals surface area contributed by atoms with Gasteiger partial charge in [0, 0.05) is 27.5 Å². The number of hydrogen-bond donors (Lipinski definition) is 1. The monoisotopic (exact) mass is 420 g/mol. The van der Waals surface area contributed by atoms with Gasteiger partial charge in [-0.3, -0.25) is 4.79 Å². The van der Waals surface area contributed by atoms with Crippen molar-refractivity contribution in [3.05, 3.63) is 94.5 Å². The van der Waals surface area contributed by atoms with Crippen LogP contribution in [0.5, 0.6) is 0 Å². The molecule has 0 unspecified atom stereocenters. The Balaban J connectivity index is 1.83. The van der Waals surface area contributed by atoms with E-state index in [1.54, 1.807) is 0 Å². The maximum absolute atomic E-state index is 13.6. The molecule has 0 saturated carbocycles. The summed E-state index contributed by atoms with van der Waals surface area (Å²) in [6, 6.07) is 26.1. The van der Waals surface area contributed by atoms with Crippen molar-refractivity contribution < 1.29 is 4.79 Å². The van der Waals surface area contributed by atoms with Gasteiger partial charge in [-0.15, -0.1) is 0 Å². The Bertz CT molecular complexity index is 957. The third kappa shape index (κ3) is 3.62. The van der Waals surface area contributed by atoms with Gasteiger partial charge in [0.15, 0.2) is 0 Å². The Labute approximate surface area is 168 Å². The zero-order valence-electron chi connectivity index (χ0n) is 15.1. The number of carbonyl (C=O) groups excluding carboxylic acids is 1. The van der Waals surface area contributed by atoms with E-state index in [0.717, 1.165) is 27.8 Å². The molecule has 4 heteroatoms. The van der Waals surface area contributed by atoms with Crippen LogP contribution in [0.2, 0.25) is 0 Å². The number of nitrogens with one attached hydrogen (secondary N) is 1. The molecule has 4 rings (SSSR count). The minimum Gasteiger partial charge on any atom is -0.382 e. The van der Waals surface area contributed by atoms with E-state index >= 15 is 0 Å². The molecule has 3 aromatic carbocycles. The number of amides is 1. The first-order chi connectivity index (χ1) is 13.1. The van der Waals surface area contributed by atoms with Crippen molar-refractivity contribution in [2.75, 3.05) is 10.2 Å². The molecular weight excluding hydrogens is 400 g/mol. The van der Waals surface area contributed by atoms with Gasteiger partial charge in [-0.05, 0) is 55.3 Å². The minimum absolute atomic E-state index is 0.0106. The van der Waals surface area contributed by atoms with E-state index < -0.39 is 0 Å². The highest BCUT2D eigenvalue weighted by molar-refractivity contribution is 9.10. The first-order valence-corrected chi connectivity index (χ1v) is 9.92. The van der Waals surface area contributed by atoms with Crippen LogP contribution in [0.3, 0.4) is 0 Å². The third-order valence-corrected chi connectivity index (χ3v) is 5.43. The van der Waals surface area contributed by atoms with Crippen LogP contribution in [0.25, 0.3) is 0 Å². The Kier molecular flexibility index (Phi) is 4.99. The number of hydrogen-bond acceptors (Lipinski definition) is 2. The van der Waals surface area contributed by atoms with Gasteiger partial charge in [0.1, 0.15) is 0 Å². The second-order valence-electron chi connectivity index (χ2n) is 6.91. The van der Waals surface area contributed by atoms with Crippen molar-refractivity contribution in [1.29, 1.82) is 0 Å². The van der Waals surface area contributed by atoms with E-state index in [9.17, 15) is 4.79 Å². The van der Waals surface area contributed by atoms with E-state index in [4.69, 9.17) is 0 Å². The quantitative estimate of drug-likeness (QED) is 0.559. The van der Waals surface area contributed by atoms with Crippen LogP contribution in [0.15, 0.2) is 83.3 Å². The summed E-state index contributed by atoms with van der Waals surface area (Å²) in [5.41, 5.74) is 3.85. The summed E-state index contributed by atoms with van der Waals surface area (Å²) in [5, 5.41) is 3.54. The fraction of sp³-hybridized carbons (Fsp3) is 0.174. The summed E-state index contributed by atoms with van der Waals surface area (Å²) in [6.45, 7) is 2.16. The number of halogens is 1. The van der Waals surface area contributed by atoms with Gasteiger partial charge in [-0.25, -0.2) is 0 Å². The number of nitrogens with zero attached hydrogens (tertiary/aromatic N) is 1. The summed E-state index contributed by atoms with van der Waals surface area (Å²) < 4.78 is 0.903. The van der Waals surface area contributed by atoms with Crippen LogP contribution < -0.4 is 10.2 Å². The molecular formula is C23H21BrN2O. The molecule has 136 valence electrons. The Morgan fingerprint density at radius 1 is 1.00 bits per heavy atom. The first kappa shape index (κ1) is 17.8. The average Bonchev–Trinajstić information content (AvgIpc) is 2.69. The lowest BCUT2D eigenvalue weighted by Crippen LogP contribution is -2.40. The zero-order chi connectivity index (χ0) is 18.8. The molecule has 27 heavy (non-hydrogen) atoms. The molecule has 1 aliphatic rings. The van der Waals surface area contributed by atoms with E-state index in [-0.39, 0.29) is 18.0 Å². The highest BCUT2D eigenvalue weighted by Gasteiger charge is 2.33. The van der Waals surface area contributed by atoms with Gasteiger partial charge in [-0.1, -0.05) is 58.4 Å². The molecule has 0 spiro atoms. The van der Waals surface area contributed by atoms with E-state index in [2.05, 4.69) is 40.3 Å². The van der Waals surface area contributed by atoms with E-state index in [0.29, 0.717) is 5.56 Å². The van der Waals surface area contributed by atoms with E-state index in [1.807, 2.05) is 71.6 Å². The highest BCUT2D eigenvalue weighted by Crippen LogP contribution is 2.39. The summed E-state index contributed by atoms with van der Waals surface area (Å²) in [4.78, 5) is 15.5. The normalized spacial score (nSPS) is 18.3. The molecule has 0 aromatic heterocycles. The maximum Gasteiger partial charge on any atom is 0.258 e. The molecule has 3 aromatic rings. The topological polar surface area (TPSA) is 32.3 Å². The summed E-state index contributed by atoms with van der Waals surface area (Å²) in [5.74, 6) is 0.0106. The van der Waals surface area contributed by atoms with Crippen molar-refractivity contribution in [2.24, 2.45) is 0 Å². The number of anilines is 2. The van der Waals surface area contributed by atoms with Crippen molar-refractivity contribution in [1.82, 2.24) is 0 Å². The first-order valence-electron chi connectivity index (χ1n) is 9.13. The van der Waals surface area contributed by atoms with Crippen molar-refractivity contribution in [3.63, 3.8) is 0 Å². The largest absolute Gasteiger partial charge is 0.382 e. The molecule has 0 aliphatic carbocycles. The molecule has 0 radical (unpaired) electrons. The van der Waals surface area contributed by atoms with Gasteiger partial charge in [0.05, 0.1) is 6.04 Å². The molecule has 0 bridgehead atoms. The summed E-state index contributed by atoms with van der Waals surface area (Å²) in [6.07, 6.45) is 0.853. The number of carbonyl (C=O) groups is 1. The lowest BCUT2D eigenvalue weighted by atomic mass is 9.91. The fourth-order valence-electron chi connectivity index (χ4n) is 3.74. The van der Waals surface area contributed by atoms with Gasteiger partial charge >= 0.3 is 0 Å². The predicted molar refractivity (Wildman–Crippen MR) is 114 cm³/mol. The van der Waals surface area contributed by atoms with Crippen LogP contribution in [-0.4, -0.2) is 11.9 Å². The molecule has 0 saturated heterocycles. The molecule has 1 aliphatic heterocycles. The standard InChI is InChI=1S/C23H21BrN2O/c1-16-14-22(20-12-5-6-13-21(20)25-16)26(19-10-3-2-4-11-19)23(27)17-8-7-9-18(24)15-17/h2-13,15-16,22,25H,14H2,1H3/t16-,22-/m1/s1. The Hall–Kier alpha value is -2.59. The van der Waals surface area contributed by atoms with Gasteiger partial charge < -0.3 is 10.2 Å². The smallest absolute Gasteiger partial charge is 0.258 e. The van der Waals surface area contributed by atoms with Gasteiger partial charge in [0.25, 0.3) is 5.91 Å². The van der Waals surface area contributed by atoms with Crippen molar-refractivity contribution in [3.8, 4) is 0 Å². The Morgan fingerprint density at radius 2 is 1.74 bits per heavy atom. The Morgan fingerprint density at radius 3 is 2.52 bits per heavy atom. The number of benzene rings is 3. The molecule has 3 nitrogen and oxygen atoms in total. The van der Waals surface area contributed by atoms with Crippen molar-refractivity contribution >= 4 is 33.2 Å². The van der Waals surface area contributed by atoms with Crippen LogP contribution in [0.1, 0.15) is 35.3 Å². The molecule has 1 heterocycles. The lowest BCUT2D eigenvalue weighted by Gasteiger charge is -2.39. The second-order valence-corrected chi connectivity index (χ2v) is 7.82. The third-order valence-electron chi connectivity index (χ3n) is 4.93. The molecule has 2 atom stereocenters. The van der Waals surface area contributed by atoms with Crippen LogP contribution in [0.4, 0.5) is 11.4 Å². The predicted octanol–water partition coefficient (Wildman–Crippen LogP) is 6.04. The van der Waals surface area contributed by atoms with Crippen LogP contribution >= 0.6 is 15.9 Å². The number of rotatable bonds is 3. The van der Waals surface area contributed by atoms with Crippen LogP contribution in [0, 0.1) is 0 Å². The lowest BCUT2D eigenvalue weighted by molar-refractivity contribution is 0.0974. The SMILES string of the molecule is C[C@@H]1C[C@@H](N(C(=O)c2cccc(Br)c2)c2ccccc2)c2ccccc2N1. The minimum atomic E-state index is -0.0219. The summed E-state index contributed by atoms with van der Waals surface area (Å²) in [7, 11) is 0. The maximum atomic E-state index is 13.6. The summed E-state index contributed by atoms with van der Waals surface area (Å²) >= 11 is 3.49. The van der Waals surface area contributed by atoms with E-state index in [1.165, 1.54) is 0 Å². The van der Waals surface area contributed by atoms with Gasteiger partial charge in [0.2, 0.25) is 0 Å². The fourth-order valence-corrected chi connectivity index (χ4v) is 4.14. The van der Waals surface area contributed by atoms with Crippen molar-refractivity contribution in [2.45, 2.75) is 25.4 Å². The molecule has 0 fully saturated rings. The molecule has 1 N–H and O–H groups in total. The number of fused-ring (bicyclic) bond motifs is 1. The van der Waals surface area contributed by atoms with Crippen LogP contribution in [-0.2, 0) is 0 Å². The second kappa shape index (κ2) is 7.57. The molecule has 1 amide bonds. The highest BCUT2D eigenvalue weighted by atomic mass is 79.9. The average molecular weight is 421 g/mol.